The molecule has 3 rings (SSSR count). The van der Waals surface area contributed by atoms with Crippen molar-refractivity contribution in [1.82, 2.24) is 4.98 Å². The molecule has 0 saturated heterocycles. The van der Waals surface area contributed by atoms with E-state index in [-0.39, 0.29) is 17.5 Å². The molecule has 0 aliphatic rings. The Morgan fingerprint density at radius 1 is 0.889 bits per heavy atom. The molecule has 2 aromatic carbocycles. The average molecular weight is 359 g/mol. The number of carbonyl (C=O) groups is 2. The first kappa shape index (κ1) is 18.3. The van der Waals surface area contributed by atoms with Crippen molar-refractivity contribution >= 4 is 23.2 Å². The number of pyridine rings is 1. The number of anilines is 2. The topological polar surface area (TPSA) is 71.1 Å². The second-order valence-corrected chi connectivity index (χ2v) is 6.26. The van der Waals surface area contributed by atoms with E-state index in [9.17, 15) is 9.59 Å². The van der Waals surface area contributed by atoms with Crippen LogP contribution in [0.15, 0.2) is 66.9 Å². The van der Waals surface area contributed by atoms with Crippen LogP contribution in [0.25, 0.3) is 0 Å². The van der Waals surface area contributed by atoms with Crippen LogP contribution < -0.4 is 10.6 Å². The summed E-state index contributed by atoms with van der Waals surface area (Å²) in [6.45, 7) is 4.03. The molecule has 5 nitrogen and oxygen atoms in total. The van der Waals surface area contributed by atoms with Crippen molar-refractivity contribution < 1.29 is 9.59 Å². The van der Waals surface area contributed by atoms with Crippen LogP contribution in [-0.2, 0) is 6.42 Å². The molecule has 0 saturated carbocycles. The van der Waals surface area contributed by atoms with Crippen molar-refractivity contribution in [2.24, 2.45) is 0 Å². The lowest BCUT2D eigenvalue weighted by atomic mass is 10.1. The van der Waals surface area contributed by atoms with Gasteiger partial charge in [-0.15, -0.1) is 0 Å². The number of nitrogens with one attached hydrogen (secondary N) is 2. The van der Waals surface area contributed by atoms with Gasteiger partial charge in [0, 0.05) is 23.1 Å². The molecule has 1 heterocycles. The standard InChI is InChI=1S/C22H21N3O2/c1-3-16-7-9-18(10-8-16)24-21(26)17-11-12-23-20(14-17)22(27)25-19-6-4-5-15(2)13-19/h4-14H,3H2,1-2H3,(H,24,26)(H,25,27). The second kappa shape index (κ2) is 8.27. The van der Waals surface area contributed by atoms with E-state index in [1.807, 2.05) is 49.4 Å². The normalized spacial score (nSPS) is 10.3. The van der Waals surface area contributed by atoms with Gasteiger partial charge in [0.1, 0.15) is 5.69 Å². The highest BCUT2D eigenvalue weighted by Gasteiger charge is 2.12. The molecule has 0 radical (unpaired) electrons. The van der Waals surface area contributed by atoms with Gasteiger partial charge in [0.2, 0.25) is 0 Å². The Morgan fingerprint density at radius 3 is 2.33 bits per heavy atom. The van der Waals surface area contributed by atoms with Crippen LogP contribution in [0, 0.1) is 6.92 Å². The van der Waals surface area contributed by atoms with Crippen LogP contribution >= 0.6 is 0 Å². The summed E-state index contributed by atoms with van der Waals surface area (Å²) in [7, 11) is 0. The highest BCUT2D eigenvalue weighted by atomic mass is 16.2. The lowest BCUT2D eigenvalue weighted by molar-refractivity contribution is 0.102. The minimum atomic E-state index is -0.359. The van der Waals surface area contributed by atoms with Crippen molar-refractivity contribution in [2.75, 3.05) is 10.6 Å². The molecule has 0 atom stereocenters. The van der Waals surface area contributed by atoms with E-state index >= 15 is 0 Å². The maximum Gasteiger partial charge on any atom is 0.274 e. The van der Waals surface area contributed by atoms with Crippen molar-refractivity contribution in [3.8, 4) is 0 Å². The molecule has 0 spiro atoms. The van der Waals surface area contributed by atoms with E-state index in [1.165, 1.54) is 17.8 Å². The largest absolute Gasteiger partial charge is 0.322 e. The van der Waals surface area contributed by atoms with Crippen molar-refractivity contribution in [3.63, 3.8) is 0 Å². The third-order valence-corrected chi connectivity index (χ3v) is 4.15. The molecule has 27 heavy (non-hydrogen) atoms. The Bertz CT molecular complexity index is 965. The summed E-state index contributed by atoms with van der Waals surface area (Å²) in [4.78, 5) is 29.0. The highest BCUT2D eigenvalue weighted by molar-refractivity contribution is 6.07. The summed E-state index contributed by atoms with van der Waals surface area (Å²) in [5.74, 6) is -0.645. The number of benzene rings is 2. The first-order valence-corrected chi connectivity index (χ1v) is 8.79. The summed E-state index contributed by atoms with van der Waals surface area (Å²) < 4.78 is 0. The molecule has 3 aromatic rings. The predicted molar refractivity (Wildman–Crippen MR) is 107 cm³/mol. The van der Waals surface area contributed by atoms with Crippen LogP contribution in [-0.4, -0.2) is 16.8 Å². The zero-order chi connectivity index (χ0) is 19.2. The minimum absolute atomic E-state index is 0.186. The number of rotatable bonds is 5. The molecule has 0 aliphatic heterocycles. The van der Waals surface area contributed by atoms with Gasteiger partial charge in [0.15, 0.2) is 0 Å². The molecule has 2 amide bonds. The summed E-state index contributed by atoms with van der Waals surface area (Å²) in [6, 6.07) is 18.2. The van der Waals surface area contributed by atoms with Crippen molar-refractivity contribution in [1.29, 1.82) is 0 Å². The van der Waals surface area contributed by atoms with Crippen LogP contribution in [0.3, 0.4) is 0 Å². The molecule has 0 aliphatic carbocycles. The van der Waals surface area contributed by atoms with E-state index in [1.54, 1.807) is 12.1 Å². The first-order chi connectivity index (χ1) is 13.0. The monoisotopic (exact) mass is 359 g/mol. The number of hydrogen-bond acceptors (Lipinski definition) is 3. The maximum atomic E-state index is 12.5. The van der Waals surface area contributed by atoms with Gasteiger partial charge < -0.3 is 10.6 Å². The first-order valence-electron chi connectivity index (χ1n) is 8.79. The van der Waals surface area contributed by atoms with Gasteiger partial charge in [0.25, 0.3) is 11.8 Å². The van der Waals surface area contributed by atoms with Gasteiger partial charge in [-0.3, -0.25) is 14.6 Å². The second-order valence-electron chi connectivity index (χ2n) is 6.26. The summed E-state index contributed by atoms with van der Waals surface area (Å²) in [5.41, 5.74) is 4.20. The zero-order valence-electron chi connectivity index (χ0n) is 15.3. The molecule has 0 unspecified atom stereocenters. The zero-order valence-corrected chi connectivity index (χ0v) is 15.3. The van der Waals surface area contributed by atoms with Gasteiger partial charge in [-0.25, -0.2) is 0 Å². The fourth-order valence-corrected chi connectivity index (χ4v) is 2.64. The fourth-order valence-electron chi connectivity index (χ4n) is 2.64. The van der Waals surface area contributed by atoms with Crippen LogP contribution in [0.2, 0.25) is 0 Å². The number of aryl methyl sites for hydroxylation is 2. The molecular weight excluding hydrogens is 338 g/mol. The number of nitrogens with zero attached hydrogens (tertiary/aromatic N) is 1. The number of amides is 2. The molecule has 136 valence electrons. The Morgan fingerprint density at radius 2 is 1.63 bits per heavy atom. The smallest absolute Gasteiger partial charge is 0.274 e. The SMILES string of the molecule is CCc1ccc(NC(=O)c2ccnc(C(=O)Nc3cccc(C)c3)c2)cc1. The van der Waals surface area contributed by atoms with Crippen molar-refractivity contribution in [2.45, 2.75) is 20.3 Å². The minimum Gasteiger partial charge on any atom is -0.322 e. The lowest BCUT2D eigenvalue weighted by Crippen LogP contribution is -2.17. The number of aromatic nitrogens is 1. The predicted octanol–water partition coefficient (Wildman–Crippen LogP) is 4.46. The van der Waals surface area contributed by atoms with E-state index in [4.69, 9.17) is 0 Å². The molecule has 1 aromatic heterocycles. The molecule has 2 N–H and O–H groups in total. The van der Waals surface area contributed by atoms with Crippen molar-refractivity contribution in [3.05, 3.63) is 89.2 Å². The van der Waals surface area contributed by atoms with E-state index in [0.29, 0.717) is 16.9 Å². The fraction of sp³-hybridized carbons (Fsp3) is 0.136. The Labute approximate surface area is 158 Å². The average Bonchev–Trinajstić information content (AvgIpc) is 2.68. The summed E-state index contributed by atoms with van der Waals surface area (Å²) >= 11 is 0. The molecular formula is C22H21N3O2. The van der Waals surface area contributed by atoms with Crippen LogP contribution in [0.5, 0.6) is 0 Å². The molecule has 5 heteroatoms. The van der Waals surface area contributed by atoms with Gasteiger partial charge >= 0.3 is 0 Å². The van der Waals surface area contributed by atoms with Gasteiger partial charge in [-0.2, -0.15) is 0 Å². The van der Waals surface area contributed by atoms with E-state index < -0.39 is 0 Å². The summed E-state index contributed by atoms with van der Waals surface area (Å²) in [6.07, 6.45) is 2.40. The third kappa shape index (κ3) is 4.79. The number of carbonyl (C=O) groups excluding carboxylic acids is 2. The lowest BCUT2D eigenvalue weighted by Gasteiger charge is -2.08. The van der Waals surface area contributed by atoms with E-state index in [2.05, 4.69) is 22.5 Å². The van der Waals surface area contributed by atoms with Gasteiger partial charge in [0.05, 0.1) is 0 Å². The van der Waals surface area contributed by atoms with Gasteiger partial charge in [-0.1, -0.05) is 31.2 Å². The van der Waals surface area contributed by atoms with E-state index in [0.717, 1.165) is 12.0 Å². The highest BCUT2D eigenvalue weighted by Crippen LogP contribution is 2.14. The molecule has 0 fully saturated rings. The van der Waals surface area contributed by atoms with Crippen LogP contribution in [0.4, 0.5) is 11.4 Å². The van der Waals surface area contributed by atoms with Crippen LogP contribution in [0.1, 0.15) is 38.9 Å². The molecule has 0 bridgehead atoms. The third-order valence-electron chi connectivity index (χ3n) is 4.15. The quantitative estimate of drug-likeness (QED) is 0.707. The summed E-state index contributed by atoms with van der Waals surface area (Å²) in [5, 5.41) is 5.63. The maximum absolute atomic E-state index is 12.5. The number of hydrogen-bond donors (Lipinski definition) is 2. The van der Waals surface area contributed by atoms with Gasteiger partial charge in [-0.05, 0) is 60.9 Å². The Hall–Kier alpha value is -3.47. The Kier molecular flexibility index (Phi) is 5.61. The Balaban J connectivity index is 1.71.